The Bertz CT molecular complexity index is 1480. The predicted molar refractivity (Wildman–Crippen MR) is 147 cm³/mol. The van der Waals surface area contributed by atoms with Gasteiger partial charge in [0.2, 0.25) is 5.91 Å². The Morgan fingerprint density at radius 2 is 1.59 bits per heavy atom. The van der Waals surface area contributed by atoms with Crippen LogP contribution < -0.4 is 14.4 Å². The van der Waals surface area contributed by atoms with Crippen molar-refractivity contribution in [3.63, 3.8) is 0 Å². The third kappa shape index (κ3) is 6.13. The maximum absolute atomic E-state index is 13.7. The van der Waals surface area contributed by atoms with Gasteiger partial charge in [-0.1, -0.05) is 72.3 Å². The molecule has 0 aliphatic heterocycles. The largest absolute Gasteiger partial charge is 0.497 e. The Balaban J connectivity index is 1.70. The summed E-state index contributed by atoms with van der Waals surface area (Å²) in [4.78, 5) is 13.5. The van der Waals surface area contributed by atoms with Crippen molar-refractivity contribution in [1.29, 1.82) is 0 Å². The first-order valence-electron chi connectivity index (χ1n) is 11.6. The van der Waals surface area contributed by atoms with Crippen LogP contribution in [0.2, 0.25) is 5.02 Å². The molecule has 0 fully saturated rings. The van der Waals surface area contributed by atoms with Gasteiger partial charge in [0.05, 0.1) is 23.7 Å². The van der Waals surface area contributed by atoms with Crippen LogP contribution in [0.25, 0.3) is 0 Å². The van der Waals surface area contributed by atoms with E-state index in [1.54, 1.807) is 30.3 Å². The third-order valence-corrected chi connectivity index (χ3v) is 7.99. The summed E-state index contributed by atoms with van der Waals surface area (Å²) < 4.78 is 33.7. The highest BCUT2D eigenvalue weighted by Gasteiger charge is 2.29. The van der Waals surface area contributed by atoms with E-state index < -0.39 is 28.5 Å². The van der Waals surface area contributed by atoms with Crippen LogP contribution >= 0.6 is 11.6 Å². The van der Waals surface area contributed by atoms with E-state index in [1.165, 1.54) is 25.3 Å². The zero-order chi connectivity index (χ0) is 26.4. The Hall–Kier alpha value is -3.81. The summed E-state index contributed by atoms with van der Waals surface area (Å²) >= 11 is 6.18. The summed E-state index contributed by atoms with van der Waals surface area (Å²) in [5.74, 6) is 0.0594. The lowest BCUT2D eigenvalue weighted by molar-refractivity contribution is -0.120. The van der Waals surface area contributed by atoms with Crippen LogP contribution in [0.5, 0.6) is 5.75 Å². The minimum atomic E-state index is -4.11. The molecule has 0 aliphatic rings. The number of anilines is 1. The Morgan fingerprint density at radius 1 is 0.919 bits per heavy atom. The highest BCUT2D eigenvalue weighted by molar-refractivity contribution is 7.92. The van der Waals surface area contributed by atoms with E-state index in [-0.39, 0.29) is 10.6 Å². The van der Waals surface area contributed by atoms with Gasteiger partial charge in [-0.2, -0.15) is 0 Å². The zero-order valence-corrected chi connectivity index (χ0v) is 22.0. The number of nitrogens with zero attached hydrogens (tertiary/aromatic N) is 1. The van der Waals surface area contributed by atoms with Crippen molar-refractivity contribution in [3.8, 4) is 5.75 Å². The van der Waals surface area contributed by atoms with E-state index in [4.69, 9.17) is 16.3 Å². The van der Waals surface area contributed by atoms with Gasteiger partial charge in [-0.3, -0.25) is 9.10 Å². The van der Waals surface area contributed by atoms with E-state index in [0.717, 1.165) is 21.0 Å². The number of halogens is 1. The molecule has 4 aromatic carbocycles. The van der Waals surface area contributed by atoms with Crippen molar-refractivity contribution in [3.05, 3.63) is 125 Å². The first-order valence-corrected chi connectivity index (χ1v) is 13.4. The maximum atomic E-state index is 13.7. The fourth-order valence-corrected chi connectivity index (χ4v) is 5.65. The number of aryl methyl sites for hydroxylation is 1. The van der Waals surface area contributed by atoms with Crippen molar-refractivity contribution in [2.24, 2.45) is 0 Å². The molecule has 4 rings (SSSR count). The molecule has 1 amide bonds. The normalized spacial score (nSPS) is 12.0. The number of carbonyl (C=O) groups excluding carboxylic acids is 1. The van der Waals surface area contributed by atoms with Gasteiger partial charge in [0.15, 0.2) is 0 Å². The number of benzene rings is 4. The van der Waals surface area contributed by atoms with Gasteiger partial charge in [-0.25, -0.2) is 8.42 Å². The molecule has 0 saturated carbocycles. The second-order valence-electron chi connectivity index (χ2n) is 8.43. The quantitative estimate of drug-likeness (QED) is 0.296. The summed E-state index contributed by atoms with van der Waals surface area (Å²) in [6, 6.07) is 29.3. The molecule has 1 atom stereocenters. The van der Waals surface area contributed by atoms with Gasteiger partial charge in [0.25, 0.3) is 10.0 Å². The molecule has 1 N–H and O–H groups in total. The summed E-state index contributed by atoms with van der Waals surface area (Å²) in [5, 5.41) is 3.41. The minimum Gasteiger partial charge on any atom is -0.497 e. The molecule has 0 bridgehead atoms. The fraction of sp³-hybridized carbons (Fsp3) is 0.138. The lowest BCUT2D eigenvalue weighted by Crippen LogP contribution is -2.42. The van der Waals surface area contributed by atoms with Crippen LogP contribution in [0, 0.1) is 6.92 Å². The van der Waals surface area contributed by atoms with Crippen molar-refractivity contribution in [2.75, 3.05) is 18.0 Å². The fourth-order valence-electron chi connectivity index (χ4n) is 4.06. The molecule has 6 nitrogen and oxygen atoms in total. The SMILES string of the molecule is COc1ccc(S(=O)(=O)N(CC(=O)NC(c2ccccc2)c2ccccc2C)c2cccc(Cl)c2)cc1. The van der Waals surface area contributed by atoms with Crippen molar-refractivity contribution >= 4 is 33.2 Å². The Kier molecular flexibility index (Phi) is 8.16. The van der Waals surface area contributed by atoms with Crippen LogP contribution in [0.1, 0.15) is 22.7 Å². The molecule has 37 heavy (non-hydrogen) atoms. The molecule has 0 spiro atoms. The second kappa shape index (κ2) is 11.5. The number of hydrogen-bond donors (Lipinski definition) is 1. The monoisotopic (exact) mass is 534 g/mol. The lowest BCUT2D eigenvalue weighted by atomic mass is 9.95. The second-order valence-corrected chi connectivity index (χ2v) is 10.7. The molecule has 1 unspecified atom stereocenters. The highest BCUT2D eigenvalue weighted by atomic mass is 35.5. The van der Waals surface area contributed by atoms with Gasteiger partial charge in [0.1, 0.15) is 12.3 Å². The summed E-state index contributed by atoms with van der Waals surface area (Å²) in [6.07, 6.45) is 0. The zero-order valence-electron chi connectivity index (χ0n) is 20.5. The number of sulfonamides is 1. The number of methoxy groups -OCH3 is 1. The summed E-state index contributed by atoms with van der Waals surface area (Å²) in [7, 11) is -2.60. The van der Waals surface area contributed by atoms with Gasteiger partial charge >= 0.3 is 0 Å². The average Bonchev–Trinajstić information content (AvgIpc) is 2.91. The maximum Gasteiger partial charge on any atom is 0.264 e. The topological polar surface area (TPSA) is 75.7 Å². The summed E-state index contributed by atoms with van der Waals surface area (Å²) in [5.41, 5.74) is 3.10. The third-order valence-electron chi connectivity index (χ3n) is 5.97. The van der Waals surface area contributed by atoms with Crippen LogP contribution in [-0.4, -0.2) is 28.0 Å². The number of rotatable bonds is 9. The number of hydrogen-bond acceptors (Lipinski definition) is 4. The first-order chi connectivity index (χ1) is 17.8. The highest BCUT2D eigenvalue weighted by Crippen LogP contribution is 2.28. The van der Waals surface area contributed by atoms with Gasteiger partial charge in [-0.15, -0.1) is 0 Å². The lowest BCUT2D eigenvalue weighted by Gasteiger charge is -2.27. The molecule has 8 heteroatoms. The van der Waals surface area contributed by atoms with Gasteiger partial charge < -0.3 is 10.1 Å². The first kappa shape index (κ1) is 26.3. The summed E-state index contributed by atoms with van der Waals surface area (Å²) in [6.45, 7) is 1.54. The number of nitrogens with one attached hydrogen (secondary N) is 1. The molecule has 0 aromatic heterocycles. The predicted octanol–water partition coefficient (Wildman–Crippen LogP) is 5.76. The molecule has 0 heterocycles. The smallest absolute Gasteiger partial charge is 0.264 e. The number of amides is 1. The van der Waals surface area contributed by atoms with Gasteiger partial charge in [0, 0.05) is 5.02 Å². The van der Waals surface area contributed by atoms with E-state index >= 15 is 0 Å². The van der Waals surface area contributed by atoms with Crippen LogP contribution in [0.15, 0.2) is 108 Å². The van der Waals surface area contributed by atoms with Crippen molar-refractivity contribution < 1.29 is 17.9 Å². The van der Waals surface area contributed by atoms with Crippen LogP contribution in [0.4, 0.5) is 5.69 Å². The molecule has 190 valence electrons. The van der Waals surface area contributed by atoms with Crippen molar-refractivity contribution in [1.82, 2.24) is 5.32 Å². The molecular formula is C29H27ClN2O4S. The van der Waals surface area contributed by atoms with Crippen LogP contribution in [-0.2, 0) is 14.8 Å². The number of ether oxygens (including phenoxy) is 1. The van der Waals surface area contributed by atoms with Crippen molar-refractivity contribution in [2.45, 2.75) is 17.9 Å². The minimum absolute atomic E-state index is 0.0274. The van der Waals surface area contributed by atoms with E-state index in [1.807, 2.05) is 61.5 Å². The molecule has 4 aromatic rings. The Labute approximate surface area is 222 Å². The molecule has 0 radical (unpaired) electrons. The van der Waals surface area contributed by atoms with Crippen LogP contribution in [0.3, 0.4) is 0 Å². The number of carbonyl (C=O) groups is 1. The standard InChI is InChI=1S/C29H27ClN2O4S/c1-21-9-6-7-14-27(21)29(22-10-4-3-5-11-22)31-28(33)20-32(24-13-8-12-23(30)19-24)37(34,35)26-17-15-25(36-2)16-18-26/h3-19,29H,20H2,1-2H3,(H,31,33). The van der Waals surface area contributed by atoms with E-state index in [0.29, 0.717) is 10.8 Å². The van der Waals surface area contributed by atoms with E-state index in [2.05, 4.69) is 5.32 Å². The molecule has 0 saturated heterocycles. The average molecular weight is 535 g/mol. The molecular weight excluding hydrogens is 508 g/mol. The molecule has 0 aliphatic carbocycles. The van der Waals surface area contributed by atoms with E-state index in [9.17, 15) is 13.2 Å². The Morgan fingerprint density at radius 3 is 2.24 bits per heavy atom. The van der Waals surface area contributed by atoms with Gasteiger partial charge in [-0.05, 0) is 66.1 Å².